The summed E-state index contributed by atoms with van der Waals surface area (Å²) in [5.74, 6) is 1.64. The summed E-state index contributed by atoms with van der Waals surface area (Å²) in [6.07, 6.45) is 5.39. The van der Waals surface area contributed by atoms with E-state index in [9.17, 15) is 4.79 Å². The Kier molecular flexibility index (Phi) is 5.21. The van der Waals surface area contributed by atoms with Gasteiger partial charge in [0.25, 0.3) is 0 Å². The minimum Gasteiger partial charge on any atom is -0.495 e. The first-order valence-corrected chi connectivity index (χ1v) is 9.59. The third-order valence-electron chi connectivity index (χ3n) is 4.77. The van der Waals surface area contributed by atoms with Crippen molar-refractivity contribution in [3.8, 4) is 17.0 Å². The number of halogens is 1. The second-order valence-corrected chi connectivity index (χ2v) is 7.10. The standard InChI is InChI=1S/C21H21ClN4O2/c1-28-19-10-9-14(22)12-17(19)25-21(27)24-16-7-3-2-6-15(16)18-13-26-11-5-4-8-20(26)23-18/h2-3,6-7,9-10,12-13H,4-5,8,11H2,1H3,(H2,24,25,27). The van der Waals surface area contributed by atoms with Gasteiger partial charge in [-0.1, -0.05) is 29.8 Å². The van der Waals surface area contributed by atoms with Crippen molar-refractivity contribution < 1.29 is 9.53 Å². The molecule has 0 saturated heterocycles. The number of rotatable bonds is 4. The second kappa shape index (κ2) is 7.94. The molecule has 4 rings (SSSR count). The van der Waals surface area contributed by atoms with Gasteiger partial charge in [-0.25, -0.2) is 9.78 Å². The number of hydrogen-bond acceptors (Lipinski definition) is 3. The van der Waals surface area contributed by atoms with Crippen LogP contribution in [0.3, 0.4) is 0 Å². The van der Waals surface area contributed by atoms with Gasteiger partial charge >= 0.3 is 6.03 Å². The maximum atomic E-state index is 12.6. The van der Waals surface area contributed by atoms with Gasteiger partial charge in [-0.2, -0.15) is 0 Å². The summed E-state index contributed by atoms with van der Waals surface area (Å²) in [6, 6.07) is 12.3. The molecule has 0 unspecified atom stereocenters. The molecule has 0 saturated carbocycles. The van der Waals surface area contributed by atoms with Crippen molar-refractivity contribution in [3.63, 3.8) is 0 Å². The zero-order valence-electron chi connectivity index (χ0n) is 15.5. The van der Waals surface area contributed by atoms with Crippen LogP contribution in [0.25, 0.3) is 11.3 Å². The van der Waals surface area contributed by atoms with Crippen molar-refractivity contribution in [1.29, 1.82) is 0 Å². The molecule has 2 N–H and O–H groups in total. The van der Waals surface area contributed by atoms with Crippen LogP contribution in [0, 0.1) is 0 Å². The largest absolute Gasteiger partial charge is 0.495 e. The number of aromatic nitrogens is 2. The minimum absolute atomic E-state index is 0.378. The van der Waals surface area contributed by atoms with E-state index in [1.54, 1.807) is 25.3 Å². The Labute approximate surface area is 168 Å². The Morgan fingerprint density at radius 3 is 2.79 bits per heavy atom. The van der Waals surface area contributed by atoms with Crippen LogP contribution in [-0.4, -0.2) is 22.7 Å². The van der Waals surface area contributed by atoms with E-state index in [1.807, 2.05) is 24.3 Å². The van der Waals surface area contributed by atoms with Gasteiger partial charge in [0.15, 0.2) is 0 Å². The van der Waals surface area contributed by atoms with Crippen molar-refractivity contribution >= 4 is 29.0 Å². The number of aryl methyl sites for hydroxylation is 2. The molecule has 0 atom stereocenters. The van der Waals surface area contributed by atoms with Gasteiger partial charge in [-0.05, 0) is 37.1 Å². The molecular weight excluding hydrogens is 376 g/mol. The van der Waals surface area contributed by atoms with Crippen LogP contribution < -0.4 is 15.4 Å². The van der Waals surface area contributed by atoms with E-state index in [-0.39, 0.29) is 6.03 Å². The summed E-state index contributed by atoms with van der Waals surface area (Å²) in [4.78, 5) is 17.4. The van der Waals surface area contributed by atoms with Gasteiger partial charge < -0.3 is 19.9 Å². The lowest BCUT2D eigenvalue weighted by Gasteiger charge is -2.13. The summed E-state index contributed by atoms with van der Waals surface area (Å²) in [7, 11) is 1.54. The average Bonchev–Trinajstić information content (AvgIpc) is 3.12. The van der Waals surface area contributed by atoms with E-state index in [1.165, 1.54) is 12.8 Å². The van der Waals surface area contributed by atoms with E-state index in [2.05, 4.69) is 21.4 Å². The van der Waals surface area contributed by atoms with Crippen LogP contribution in [0.2, 0.25) is 5.02 Å². The lowest BCUT2D eigenvalue weighted by molar-refractivity contribution is 0.262. The number of nitrogens with one attached hydrogen (secondary N) is 2. The summed E-state index contributed by atoms with van der Waals surface area (Å²) in [5, 5.41) is 6.22. The Bertz CT molecular complexity index is 992. The summed E-state index contributed by atoms with van der Waals surface area (Å²) in [5.41, 5.74) is 2.95. The van der Waals surface area contributed by atoms with Crippen LogP contribution in [0.4, 0.5) is 16.2 Å². The molecule has 144 valence electrons. The quantitative estimate of drug-likeness (QED) is 0.637. The number of methoxy groups -OCH3 is 1. The van der Waals surface area contributed by atoms with Gasteiger partial charge in [0.1, 0.15) is 11.6 Å². The van der Waals surface area contributed by atoms with Crippen LogP contribution in [0.1, 0.15) is 18.7 Å². The second-order valence-electron chi connectivity index (χ2n) is 6.66. The van der Waals surface area contributed by atoms with Gasteiger partial charge in [-0.15, -0.1) is 0 Å². The van der Waals surface area contributed by atoms with Crippen molar-refractivity contribution in [2.75, 3.05) is 17.7 Å². The molecule has 1 aromatic heterocycles. The van der Waals surface area contributed by atoms with Crippen molar-refractivity contribution in [2.24, 2.45) is 0 Å². The monoisotopic (exact) mass is 396 g/mol. The molecule has 1 aliphatic heterocycles. The average molecular weight is 397 g/mol. The number of anilines is 2. The van der Waals surface area contributed by atoms with Gasteiger partial charge in [0, 0.05) is 29.7 Å². The van der Waals surface area contributed by atoms with Crippen LogP contribution in [-0.2, 0) is 13.0 Å². The van der Waals surface area contributed by atoms with E-state index in [0.717, 1.165) is 30.0 Å². The fourth-order valence-electron chi connectivity index (χ4n) is 3.41. The van der Waals surface area contributed by atoms with Crippen molar-refractivity contribution in [2.45, 2.75) is 25.8 Å². The molecule has 2 aromatic carbocycles. The normalized spacial score (nSPS) is 12.9. The Hall–Kier alpha value is -2.99. The van der Waals surface area contributed by atoms with Crippen molar-refractivity contribution in [3.05, 3.63) is 59.5 Å². The highest BCUT2D eigenvalue weighted by atomic mass is 35.5. The number of amides is 2. The maximum Gasteiger partial charge on any atom is 0.323 e. The first kappa shape index (κ1) is 18.4. The van der Waals surface area contributed by atoms with Gasteiger partial charge in [0.05, 0.1) is 24.2 Å². The SMILES string of the molecule is COc1ccc(Cl)cc1NC(=O)Nc1ccccc1-c1cn2c(n1)CCCC2. The first-order valence-electron chi connectivity index (χ1n) is 9.21. The van der Waals surface area contributed by atoms with E-state index >= 15 is 0 Å². The number of hydrogen-bond donors (Lipinski definition) is 2. The number of urea groups is 1. The number of carbonyl (C=O) groups is 1. The predicted octanol–water partition coefficient (Wildman–Crippen LogP) is 5.19. The topological polar surface area (TPSA) is 68.2 Å². The van der Waals surface area contributed by atoms with Crippen molar-refractivity contribution in [1.82, 2.24) is 9.55 Å². The molecule has 7 heteroatoms. The van der Waals surface area contributed by atoms with Gasteiger partial charge in [-0.3, -0.25) is 0 Å². The molecule has 0 spiro atoms. The number of nitrogens with zero attached hydrogens (tertiary/aromatic N) is 2. The Morgan fingerprint density at radius 2 is 1.96 bits per heavy atom. The number of ether oxygens (including phenoxy) is 1. The van der Waals surface area contributed by atoms with E-state index < -0.39 is 0 Å². The molecule has 3 aromatic rings. The molecule has 0 bridgehead atoms. The maximum absolute atomic E-state index is 12.6. The number of imidazole rings is 1. The molecule has 28 heavy (non-hydrogen) atoms. The fraction of sp³-hybridized carbons (Fsp3) is 0.238. The zero-order chi connectivity index (χ0) is 19.5. The minimum atomic E-state index is -0.378. The van der Waals surface area contributed by atoms with Gasteiger partial charge in [0.2, 0.25) is 0 Å². The molecule has 1 aliphatic rings. The molecule has 0 fully saturated rings. The number of benzene rings is 2. The summed E-state index contributed by atoms with van der Waals surface area (Å²) < 4.78 is 7.48. The highest BCUT2D eigenvalue weighted by Gasteiger charge is 2.16. The molecule has 2 heterocycles. The fourth-order valence-corrected chi connectivity index (χ4v) is 3.58. The Balaban J connectivity index is 1.57. The van der Waals surface area contributed by atoms with Crippen LogP contribution in [0.5, 0.6) is 5.75 Å². The lowest BCUT2D eigenvalue weighted by atomic mass is 10.1. The third kappa shape index (κ3) is 3.82. The predicted molar refractivity (Wildman–Crippen MR) is 111 cm³/mol. The number of para-hydroxylation sites is 1. The molecule has 0 aliphatic carbocycles. The lowest BCUT2D eigenvalue weighted by Crippen LogP contribution is -2.20. The van der Waals surface area contributed by atoms with E-state index in [4.69, 9.17) is 21.3 Å². The summed E-state index contributed by atoms with van der Waals surface area (Å²) >= 11 is 6.03. The molecule has 2 amide bonds. The smallest absolute Gasteiger partial charge is 0.323 e. The zero-order valence-corrected chi connectivity index (χ0v) is 16.3. The highest BCUT2D eigenvalue weighted by molar-refractivity contribution is 6.31. The molecule has 0 radical (unpaired) electrons. The number of carbonyl (C=O) groups excluding carboxylic acids is 1. The molecule has 6 nitrogen and oxygen atoms in total. The molecular formula is C21H21ClN4O2. The highest BCUT2D eigenvalue weighted by Crippen LogP contribution is 2.30. The van der Waals surface area contributed by atoms with Crippen LogP contribution >= 0.6 is 11.6 Å². The van der Waals surface area contributed by atoms with Crippen LogP contribution in [0.15, 0.2) is 48.7 Å². The third-order valence-corrected chi connectivity index (χ3v) is 5.00. The van der Waals surface area contributed by atoms with E-state index in [0.29, 0.717) is 22.1 Å². The summed E-state index contributed by atoms with van der Waals surface area (Å²) in [6.45, 7) is 0.993. The number of fused-ring (bicyclic) bond motifs is 1. The Morgan fingerprint density at radius 1 is 1.14 bits per heavy atom. The first-order chi connectivity index (χ1) is 13.6.